The van der Waals surface area contributed by atoms with Crippen molar-refractivity contribution in [1.29, 1.82) is 0 Å². The molecule has 5 nitrogen and oxygen atoms in total. The number of benzene rings is 2. The molecule has 0 atom stereocenters. The van der Waals surface area contributed by atoms with Crippen molar-refractivity contribution in [3.05, 3.63) is 82.0 Å². The van der Waals surface area contributed by atoms with Crippen molar-refractivity contribution >= 4 is 35.1 Å². The van der Waals surface area contributed by atoms with Crippen LogP contribution in [0.5, 0.6) is 0 Å². The lowest BCUT2D eigenvalue weighted by molar-refractivity contribution is -0.113. The fourth-order valence-corrected chi connectivity index (χ4v) is 5.08. The molecule has 4 rings (SSSR count). The van der Waals surface area contributed by atoms with Crippen LogP contribution in [0.4, 0.5) is 10.1 Å². The molecule has 1 N–H and O–H groups in total. The van der Waals surface area contributed by atoms with Crippen molar-refractivity contribution in [2.45, 2.75) is 29.4 Å². The minimum atomic E-state index is -0.483. The van der Waals surface area contributed by atoms with E-state index in [1.165, 1.54) is 23.9 Å². The van der Waals surface area contributed by atoms with Gasteiger partial charge in [0.1, 0.15) is 5.82 Å². The molecule has 0 fully saturated rings. The van der Waals surface area contributed by atoms with Crippen LogP contribution in [0.2, 0.25) is 0 Å². The van der Waals surface area contributed by atoms with Crippen LogP contribution >= 0.6 is 23.5 Å². The second kappa shape index (κ2) is 9.49. The maximum Gasteiger partial charge on any atom is 0.268 e. The molecule has 1 amide bonds. The summed E-state index contributed by atoms with van der Waals surface area (Å²) in [4.78, 5) is 30.7. The lowest BCUT2D eigenvalue weighted by Gasteiger charge is -2.14. The Labute approximate surface area is 182 Å². The number of anilines is 1. The summed E-state index contributed by atoms with van der Waals surface area (Å²) in [5.74, 6) is 0.0584. The lowest BCUT2D eigenvalue weighted by atomic mass is 10.1. The van der Waals surface area contributed by atoms with Crippen LogP contribution < -0.4 is 10.9 Å². The molecule has 0 bridgehead atoms. The molecular weight excluding hydrogens is 421 g/mol. The van der Waals surface area contributed by atoms with Crippen LogP contribution in [0.1, 0.15) is 11.3 Å². The Kier molecular flexibility index (Phi) is 6.54. The summed E-state index contributed by atoms with van der Waals surface area (Å²) in [6.07, 6.45) is 1.45. The number of aryl methyl sites for hydroxylation is 2. The highest BCUT2D eigenvalue weighted by Crippen LogP contribution is 2.29. The molecule has 30 heavy (non-hydrogen) atoms. The quantitative estimate of drug-likeness (QED) is 0.443. The molecule has 0 radical (unpaired) electrons. The zero-order chi connectivity index (χ0) is 20.9. The van der Waals surface area contributed by atoms with Gasteiger partial charge in [-0.3, -0.25) is 14.2 Å². The number of amides is 1. The molecule has 0 spiro atoms. The molecule has 2 aromatic carbocycles. The maximum absolute atomic E-state index is 13.8. The highest BCUT2D eigenvalue weighted by molar-refractivity contribution is 8.00. The van der Waals surface area contributed by atoms with E-state index >= 15 is 0 Å². The molecule has 8 heteroatoms. The first-order chi connectivity index (χ1) is 14.6. The molecule has 1 aliphatic heterocycles. The predicted molar refractivity (Wildman–Crippen MR) is 119 cm³/mol. The third-order valence-corrected chi connectivity index (χ3v) is 6.78. The zero-order valence-corrected chi connectivity index (χ0v) is 17.8. The third kappa shape index (κ3) is 4.76. The zero-order valence-electron chi connectivity index (χ0n) is 16.1. The molecule has 0 unspecified atom stereocenters. The van der Waals surface area contributed by atoms with Gasteiger partial charge in [-0.25, -0.2) is 9.37 Å². The first-order valence-electron chi connectivity index (χ1n) is 9.59. The van der Waals surface area contributed by atoms with Crippen LogP contribution in [0.3, 0.4) is 0 Å². The molecule has 3 aromatic rings. The topological polar surface area (TPSA) is 64.0 Å². The molecule has 2 heterocycles. The normalized spacial score (nSPS) is 12.6. The molecule has 1 aliphatic rings. The Balaban J connectivity index is 1.51. The summed E-state index contributed by atoms with van der Waals surface area (Å²) in [6.45, 7) is 0.487. The van der Waals surface area contributed by atoms with E-state index in [4.69, 9.17) is 0 Å². The monoisotopic (exact) mass is 441 g/mol. The van der Waals surface area contributed by atoms with E-state index in [0.717, 1.165) is 23.4 Å². The largest absolute Gasteiger partial charge is 0.323 e. The van der Waals surface area contributed by atoms with Crippen molar-refractivity contribution in [2.24, 2.45) is 0 Å². The van der Waals surface area contributed by atoms with E-state index < -0.39 is 5.82 Å². The molecular formula is C22H20FN3O2S2. The summed E-state index contributed by atoms with van der Waals surface area (Å²) in [6, 6.07) is 16.0. The van der Waals surface area contributed by atoms with Crippen LogP contribution in [0.15, 0.2) is 69.4 Å². The van der Waals surface area contributed by atoms with E-state index in [2.05, 4.69) is 10.3 Å². The van der Waals surface area contributed by atoms with Crippen molar-refractivity contribution in [3.63, 3.8) is 0 Å². The molecule has 0 aliphatic carbocycles. The van der Waals surface area contributed by atoms with Gasteiger partial charge in [0.05, 0.1) is 22.0 Å². The summed E-state index contributed by atoms with van der Waals surface area (Å²) >= 11 is 2.74. The number of nitrogens with one attached hydrogen (secondary N) is 1. The maximum atomic E-state index is 13.8. The second-order valence-corrected chi connectivity index (χ2v) is 8.83. The van der Waals surface area contributed by atoms with E-state index in [9.17, 15) is 14.0 Å². The van der Waals surface area contributed by atoms with Crippen LogP contribution in [0, 0.1) is 5.82 Å². The lowest BCUT2D eigenvalue weighted by Crippen LogP contribution is -2.27. The van der Waals surface area contributed by atoms with Gasteiger partial charge >= 0.3 is 0 Å². The number of aromatic nitrogens is 2. The SMILES string of the molecule is O=C(CSc1nc2c(c(=O)n1CCc1ccccc1)SCC2)Nc1ccccc1F. The number of hydrogen-bond acceptors (Lipinski definition) is 5. The van der Waals surface area contributed by atoms with Gasteiger partial charge in [0.15, 0.2) is 5.16 Å². The minimum absolute atomic E-state index is 0.0397. The number of para-hydroxylation sites is 1. The van der Waals surface area contributed by atoms with Crippen LogP contribution in [-0.4, -0.2) is 27.0 Å². The number of carbonyl (C=O) groups is 1. The third-order valence-electron chi connectivity index (χ3n) is 4.70. The number of halogens is 1. The predicted octanol–water partition coefficient (Wildman–Crippen LogP) is 4.00. The smallest absolute Gasteiger partial charge is 0.268 e. The van der Waals surface area contributed by atoms with E-state index in [-0.39, 0.29) is 22.9 Å². The highest BCUT2D eigenvalue weighted by atomic mass is 32.2. The fraction of sp³-hybridized carbons (Fsp3) is 0.227. The summed E-state index contributed by atoms with van der Waals surface area (Å²) < 4.78 is 15.4. The second-order valence-electron chi connectivity index (χ2n) is 6.78. The van der Waals surface area contributed by atoms with Gasteiger partial charge < -0.3 is 5.32 Å². The summed E-state index contributed by atoms with van der Waals surface area (Å²) in [5, 5.41) is 3.10. The van der Waals surface area contributed by atoms with Gasteiger partial charge in [0.2, 0.25) is 5.91 Å². The first kappa shape index (κ1) is 20.7. The molecule has 154 valence electrons. The standard InChI is InChI=1S/C22H20FN3O2S2/c23-16-8-4-5-9-17(16)24-19(27)14-30-22-25-18-11-13-29-20(18)21(28)26(22)12-10-15-6-2-1-3-7-15/h1-9H,10-14H2,(H,24,27). The van der Waals surface area contributed by atoms with Gasteiger partial charge in [0.25, 0.3) is 5.56 Å². The van der Waals surface area contributed by atoms with E-state index in [1.54, 1.807) is 28.5 Å². The number of fused-ring (bicyclic) bond motifs is 1. The Morgan fingerprint density at radius 1 is 1.17 bits per heavy atom. The number of hydrogen-bond donors (Lipinski definition) is 1. The first-order valence-corrected chi connectivity index (χ1v) is 11.6. The fourth-order valence-electron chi connectivity index (χ4n) is 3.20. The Bertz CT molecular complexity index is 1120. The average Bonchev–Trinajstić information content (AvgIpc) is 3.23. The van der Waals surface area contributed by atoms with Crippen LogP contribution in [0.25, 0.3) is 0 Å². The van der Waals surface area contributed by atoms with Crippen molar-refractivity contribution in [1.82, 2.24) is 9.55 Å². The number of rotatable bonds is 7. The molecule has 1 aromatic heterocycles. The number of nitrogens with zero attached hydrogens (tertiary/aromatic N) is 2. The number of carbonyl (C=O) groups excluding carboxylic acids is 1. The van der Waals surface area contributed by atoms with Crippen molar-refractivity contribution < 1.29 is 9.18 Å². The number of thioether (sulfide) groups is 2. The molecule has 0 saturated carbocycles. The van der Waals surface area contributed by atoms with Gasteiger partial charge in [-0.2, -0.15) is 0 Å². The van der Waals surface area contributed by atoms with Crippen molar-refractivity contribution in [2.75, 3.05) is 16.8 Å². The Morgan fingerprint density at radius 2 is 1.93 bits per heavy atom. The van der Waals surface area contributed by atoms with Gasteiger partial charge in [-0.1, -0.05) is 54.2 Å². The minimum Gasteiger partial charge on any atom is -0.323 e. The molecule has 0 saturated heterocycles. The van der Waals surface area contributed by atoms with Crippen LogP contribution in [-0.2, 0) is 24.2 Å². The van der Waals surface area contributed by atoms with Gasteiger partial charge in [0, 0.05) is 18.7 Å². The highest BCUT2D eigenvalue weighted by Gasteiger charge is 2.22. The summed E-state index contributed by atoms with van der Waals surface area (Å²) in [7, 11) is 0. The van der Waals surface area contributed by atoms with Gasteiger partial charge in [-0.05, 0) is 24.1 Å². The van der Waals surface area contributed by atoms with E-state index in [0.29, 0.717) is 23.0 Å². The Morgan fingerprint density at radius 3 is 2.73 bits per heavy atom. The van der Waals surface area contributed by atoms with Gasteiger partial charge in [-0.15, -0.1) is 11.8 Å². The van der Waals surface area contributed by atoms with Crippen molar-refractivity contribution in [3.8, 4) is 0 Å². The Hall–Kier alpha value is -2.58. The van der Waals surface area contributed by atoms with E-state index in [1.807, 2.05) is 30.3 Å². The summed E-state index contributed by atoms with van der Waals surface area (Å²) in [5.41, 5.74) is 2.03. The average molecular weight is 442 g/mol.